The molecule has 1 spiro atoms. The molecule has 21 heavy (non-hydrogen) atoms. The lowest BCUT2D eigenvalue weighted by atomic mass is 9.62. The minimum Gasteiger partial charge on any atom is -0.294 e. The van der Waals surface area contributed by atoms with E-state index >= 15 is 0 Å². The van der Waals surface area contributed by atoms with Crippen molar-refractivity contribution < 1.29 is 4.79 Å². The lowest BCUT2D eigenvalue weighted by Crippen LogP contribution is -2.40. The second kappa shape index (κ2) is 4.83. The first-order chi connectivity index (χ1) is 10.2. The number of fused-ring (bicyclic) bond motifs is 4. The zero-order chi connectivity index (χ0) is 14.4. The molecule has 1 nitrogen and oxygen atoms in total. The number of ketones is 1. The van der Waals surface area contributed by atoms with Crippen LogP contribution in [0.1, 0.15) is 66.9 Å². The topological polar surface area (TPSA) is 17.1 Å². The molecule has 2 unspecified atom stereocenters. The third-order valence-electron chi connectivity index (χ3n) is 6.08. The van der Waals surface area contributed by atoms with Crippen molar-refractivity contribution >= 4 is 5.78 Å². The van der Waals surface area contributed by atoms with Gasteiger partial charge in [-0.2, -0.15) is 0 Å². The molecule has 1 saturated carbocycles. The largest absolute Gasteiger partial charge is 0.294 e. The summed E-state index contributed by atoms with van der Waals surface area (Å²) in [7, 11) is 0. The predicted molar refractivity (Wildman–Crippen MR) is 85.6 cm³/mol. The molecule has 4 rings (SSSR count). The molecule has 1 heteroatoms. The molecule has 0 aliphatic heterocycles. The van der Waals surface area contributed by atoms with E-state index in [1.54, 1.807) is 5.57 Å². The number of allylic oxidation sites excluding steroid dienone is 2. The van der Waals surface area contributed by atoms with Crippen LogP contribution in [0.4, 0.5) is 0 Å². The number of unbranched alkanes of at least 4 members (excludes halogenated alkanes) is 1. The van der Waals surface area contributed by atoms with Gasteiger partial charge in [0, 0.05) is 11.0 Å². The summed E-state index contributed by atoms with van der Waals surface area (Å²) in [6.45, 7) is 2.22. The monoisotopic (exact) mass is 280 g/mol. The van der Waals surface area contributed by atoms with Gasteiger partial charge in [-0.05, 0) is 62.0 Å². The van der Waals surface area contributed by atoms with Crippen LogP contribution in [-0.4, -0.2) is 5.78 Å². The second-order valence-electron chi connectivity index (χ2n) is 7.22. The maximum absolute atomic E-state index is 13.4. The fourth-order valence-electron chi connectivity index (χ4n) is 4.91. The molecule has 2 atom stereocenters. The first-order valence-corrected chi connectivity index (χ1v) is 8.58. The van der Waals surface area contributed by atoms with Crippen LogP contribution in [0.5, 0.6) is 0 Å². The molecule has 110 valence electrons. The molecule has 0 radical (unpaired) electrons. The standard InChI is InChI=1S/C20H24O/c1-2-3-5-15-6-4-7-16-10-11-20(19(21)18(15)16)13-14-8-9-17(20)12-14/h4,6-8,17H,2-3,5,9-13H2,1H3. The van der Waals surface area contributed by atoms with Crippen LogP contribution in [-0.2, 0) is 12.8 Å². The zero-order valence-electron chi connectivity index (χ0n) is 13.0. The Morgan fingerprint density at radius 2 is 2.24 bits per heavy atom. The first kappa shape index (κ1) is 13.3. The lowest BCUT2D eigenvalue weighted by Gasteiger charge is -2.39. The molecular formula is C20H24O. The van der Waals surface area contributed by atoms with E-state index in [0.29, 0.717) is 11.7 Å². The van der Waals surface area contributed by atoms with Crippen LogP contribution in [0.15, 0.2) is 29.8 Å². The van der Waals surface area contributed by atoms with E-state index < -0.39 is 0 Å². The quantitative estimate of drug-likeness (QED) is 0.721. The van der Waals surface area contributed by atoms with Gasteiger partial charge in [0.15, 0.2) is 5.78 Å². The number of aryl methyl sites for hydroxylation is 2. The minimum atomic E-state index is -0.0284. The summed E-state index contributed by atoms with van der Waals surface area (Å²) in [5.74, 6) is 1.09. The maximum Gasteiger partial charge on any atom is 0.170 e. The van der Waals surface area contributed by atoms with Gasteiger partial charge >= 0.3 is 0 Å². The number of benzene rings is 1. The van der Waals surface area contributed by atoms with Gasteiger partial charge < -0.3 is 0 Å². The maximum atomic E-state index is 13.4. The molecule has 0 N–H and O–H groups in total. The summed E-state index contributed by atoms with van der Waals surface area (Å²) in [5, 5.41) is 0. The van der Waals surface area contributed by atoms with Crippen LogP contribution in [0.3, 0.4) is 0 Å². The van der Waals surface area contributed by atoms with Crippen LogP contribution in [0, 0.1) is 11.3 Å². The van der Waals surface area contributed by atoms with E-state index in [1.165, 1.54) is 30.4 Å². The van der Waals surface area contributed by atoms with Crippen molar-refractivity contribution in [2.45, 2.75) is 58.3 Å². The zero-order valence-corrected chi connectivity index (χ0v) is 13.0. The SMILES string of the molecule is CCCCc1cccc2c1C(=O)C1(CC2)CC2=CCC1C2. The molecular weight excluding hydrogens is 256 g/mol. The van der Waals surface area contributed by atoms with Crippen LogP contribution >= 0.6 is 0 Å². The van der Waals surface area contributed by atoms with E-state index in [-0.39, 0.29) is 5.41 Å². The minimum absolute atomic E-state index is 0.0284. The van der Waals surface area contributed by atoms with Crippen molar-refractivity contribution in [1.29, 1.82) is 0 Å². The van der Waals surface area contributed by atoms with E-state index in [0.717, 1.165) is 37.7 Å². The number of hydrogen-bond acceptors (Lipinski definition) is 1. The Morgan fingerprint density at radius 1 is 1.33 bits per heavy atom. The molecule has 0 aromatic heterocycles. The average Bonchev–Trinajstić information content (AvgIpc) is 3.10. The van der Waals surface area contributed by atoms with Crippen molar-refractivity contribution in [3.63, 3.8) is 0 Å². The first-order valence-electron chi connectivity index (χ1n) is 8.58. The van der Waals surface area contributed by atoms with Crippen molar-refractivity contribution in [2.75, 3.05) is 0 Å². The van der Waals surface area contributed by atoms with Crippen molar-refractivity contribution in [1.82, 2.24) is 0 Å². The normalized spacial score (nSPS) is 29.9. The Morgan fingerprint density at radius 3 is 2.95 bits per heavy atom. The molecule has 3 aliphatic carbocycles. The Bertz CT molecular complexity index is 625. The Kier molecular flexibility index (Phi) is 3.06. The highest BCUT2D eigenvalue weighted by Crippen LogP contribution is 2.58. The van der Waals surface area contributed by atoms with Crippen molar-refractivity contribution in [3.05, 3.63) is 46.5 Å². The third kappa shape index (κ3) is 1.86. The summed E-state index contributed by atoms with van der Waals surface area (Å²) in [6.07, 6.45) is 11.4. The third-order valence-corrected chi connectivity index (χ3v) is 6.08. The number of Topliss-reactive ketones (excluding diaryl/α,β-unsaturated/α-hetero) is 1. The van der Waals surface area contributed by atoms with E-state index in [1.807, 2.05) is 0 Å². The Hall–Kier alpha value is -1.37. The van der Waals surface area contributed by atoms with Crippen molar-refractivity contribution in [2.24, 2.45) is 11.3 Å². The number of carbonyl (C=O) groups is 1. The summed E-state index contributed by atoms with van der Waals surface area (Å²) >= 11 is 0. The van der Waals surface area contributed by atoms with Gasteiger partial charge in [-0.1, -0.05) is 43.2 Å². The molecule has 1 aromatic carbocycles. The van der Waals surface area contributed by atoms with E-state index in [2.05, 4.69) is 31.2 Å². The second-order valence-corrected chi connectivity index (χ2v) is 7.22. The molecule has 2 bridgehead atoms. The van der Waals surface area contributed by atoms with Gasteiger partial charge in [-0.3, -0.25) is 4.79 Å². The van der Waals surface area contributed by atoms with Gasteiger partial charge in [-0.25, -0.2) is 0 Å². The fourth-order valence-corrected chi connectivity index (χ4v) is 4.91. The highest BCUT2D eigenvalue weighted by molar-refractivity contribution is 6.05. The highest BCUT2D eigenvalue weighted by Gasteiger charge is 2.54. The summed E-state index contributed by atoms with van der Waals surface area (Å²) < 4.78 is 0. The van der Waals surface area contributed by atoms with E-state index in [9.17, 15) is 4.79 Å². The molecule has 0 saturated heterocycles. The average molecular weight is 280 g/mol. The van der Waals surface area contributed by atoms with Gasteiger partial charge in [0.1, 0.15) is 0 Å². The molecule has 1 aromatic rings. The molecule has 1 fully saturated rings. The smallest absolute Gasteiger partial charge is 0.170 e. The van der Waals surface area contributed by atoms with Crippen LogP contribution in [0.25, 0.3) is 0 Å². The van der Waals surface area contributed by atoms with Gasteiger partial charge in [0.2, 0.25) is 0 Å². The van der Waals surface area contributed by atoms with Crippen LogP contribution in [0.2, 0.25) is 0 Å². The van der Waals surface area contributed by atoms with Crippen LogP contribution < -0.4 is 0 Å². The Labute approximate surface area is 127 Å². The summed E-state index contributed by atoms with van der Waals surface area (Å²) in [4.78, 5) is 13.4. The Balaban J connectivity index is 1.75. The fraction of sp³-hybridized carbons (Fsp3) is 0.550. The number of carbonyl (C=O) groups excluding carboxylic acids is 1. The van der Waals surface area contributed by atoms with Crippen molar-refractivity contribution in [3.8, 4) is 0 Å². The molecule has 0 heterocycles. The van der Waals surface area contributed by atoms with Gasteiger partial charge in [0.25, 0.3) is 0 Å². The highest BCUT2D eigenvalue weighted by atomic mass is 16.1. The van der Waals surface area contributed by atoms with Gasteiger partial charge in [-0.15, -0.1) is 0 Å². The lowest BCUT2D eigenvalue weighted by molar-refractivity contribution is 0.0669. The molecule has 3 aliphatic rings. The number of hydrogen-bond donors (Lipinski definition) is 0. The number of rotatable bonds is 3. The molecule has 0 amide bonds. The summed E-state index contributed by atoms with van der Waals surface area (Å²) in [6, 6.07) is 6.53. The van der Waals surface area contributed by atoms with E-state index in [4.69, 9.17) is 0 Å². The van der Waals surface area contributed by atoms with Gasteiger partial charge in [0.05, 0.1) is 0 Å². The predicted octanol–water partition coefficient (Wildman–Crippen LogP) is 4.88. The summed E-state index contributed by atoms with van der Waals surface area (Å²) in [5.41, 5.74) is 5.28.